The van der Waals surface area contributed by atoms with Crippen molar-refractivity contribution in [2.45, 2.75) is 30.6 Å². The largest absolute Gasteiger partial charge is 0.345 e. The molecular weight excluding hydrogens is 489 g/mol. The molecule has 2 aromatic carbocycles. The van der Waals surface area contributed by atoms with Gasteiger partial charge in [-0.1, -0.05) is 0 Å². The van der Waals surface area contributed by atoms with Crippen molar-refractivity contribution < 1.29 is 65.9 Å². The average molecular weight is 492 g/mol. The van der Waals surface area contributed by atoms with Crippen molar-refractivity contribution >= 4 is 0 Å². The first-order valence-corrected chi connectivity index (χ1v) is 7.83. The molecule has 0 aromatic heterocycles. The second-order valence-electron chi connectivity index (χ2n) is 6.62. The summed E-state index contributed by atoms with van der Waals surface area (Å²) in [5, 5.41) is 0. The fourth-order valence-electron chi connectivity index (χ4n) is 3.24. The third-order valence-electron chi connectivity index (χ3n) is 4.86. The van der Waals surface area contributed by atoms with Gasteiger partial charge in [0.1, 0.15) is 22.5 Å². The van der Waals surface area contributed by atoms with Crippen molar-refractivity contribution in [3.63, 3.8) is 0 Å². The SMILES string of the molecule is Cc1c(F)c2c(F)c(F)c1C(F)(F)C(F)(F)c1c(F)c(F)c(c(F)c1F)C(F)(F)C2(F)F. The van der Waals surface area contributed by atoms with Crippen LogP contribution in [0.25, 0.3) is 0 Å². The van der Waals surface area contributed by atoms with Gasteiger partial charge in [-0.3, -0.25) is 0 Å². The Balaban J connectivity index is 2.76. The van der Waals surface area contributed by atoms with Gasteiger partial charge in [-0.15, -0.1) is 0 Å². The van der Waals surface area contributed by atoms with Crippen LogP contribution in [0, 0.1) is 47.6 Å². The fourth-order valence-corrected chi connectivity index (χ4v) is 3.24. The lowest BCUT2D eigenvalue weighted by atomic mass is 9.84. The van der Waals surface area contributed by atoms with Crippen LogP contribution in [-0.4, -0.2) is 0 Å². The number of hydrogen-bond donors (Lipinski definition) is 0. The maximum Gasteiger partial charge on any atom is 0.345 e. The first kappa shape index (κ1) is 24.0. The van der Waals surface area contributed by atoms with Crippen LogP contribution in [0.5, 0.6) is 0 Å². The Morgan fingerprint density at radius 3 is 0.812 bits per heavy atom. The van der Waals surface area contributed by atoms with Crippen LogP contribution in [-0.2, 0) is 23.7 Å². The summed E-state index contributed by atoms with van der Waals surface area (Å²) in [7, 11) is 0. The molecule has 6 rings (SSSR count). The van der Waals surface area contributed by atoms with E-state index in [4.69, 9.17) is 0 Å². The summed E-state index contributed by atoms with van der Waals surface area (Å²) >= 11 is 0. The lowest BCUT2D eigenvalue weighted by molar-refractivity contribution is -0.235. The molecule has 32 heavy (non-hydrogen) atoms. The fraction of sp³-hybridized carbons (Fsp3) is 0.294. The van der Waals surface area contributed by atoms with Gasteiger partial charge < -0.3 is 0 Å². The standard InChI is InChI=1S/C17H3F15/c1-2-3-8(19)9(20)4(7(2)18)15(27,28)17(31,32)6-12(23)10(21)5(11(22)13(6)24)16(29,30)14(3,25)26/h1H3. The van der Waals surface area contributed by atoms with Crippen LogP contribution in [0.1, 0.15) is 27.8 Å². The number of rotatable bonds is 0. The lowest BCUT2D eigenvalue weighted by Gasteiger charge is -2.34. The highest BCUT2D eigenvalue weighted by atomic mass is 19.3. The molecule has 4 bridgehead atoms. The van der Waals surface area contributed by atoms with E-state index >= 15 is 0 Å². The molecule has 0 amide bonds. The minimum atomic E-state index is -6.65. The quantitative estimate of drug-likeness (QED) is 0.273. The third kappa shape index (κ3) is 2.50. The molecule has 176 valence electrons. The number of benzene rings is 2. The van der Waals surface area contributed by atoms with Crippen LogP contribution >= 0.6 is 0 Å². The smallest absolute Gasteiger partial charge is 0.206 e. The summed E-state index contributed by atoms with van der Waals surface area (Å²) < 4.78 is 214. The molecule has 0 N–H and O–H groups in total. The zero-order valence-corrected chi connectivity index (χ0v) is 14.7. The first-order chi connectivity index (χ1) is 14.3. The molecule has 0 spiro atoms. The highest BCUT2D eigenvalue weighted by molar-refractivity contribution is 5.47. The Morgan fingerprint density at radius 2 is 0.531 bits per heavy atom. The molecule has 0 radical (unpaired) electrons. The molecule has 4 aliphatic carbocycles. The molecular formula is C17H3F15. The lowest BCUT2D eigenvalue weighted by Crippen LogP contribution is -2.44. The van der Waals surface area contributed by atoms with Gasteiger partial charge >= 0.3 is 23.7 Å². The summed E-state index contributed by atoms with van der Waals surface area (Å²) in [5.41, 5.74) is -16.0. The van der Waals surface area contributed by atoms with Crippen molar-refractivity contribution in [2.75, 3.05) is 0 Å². The Bertz CT molecular complexity index is 922. The number of halogens is 15. The van der Waals surface area contributed by atoms with Gasteiger partial charge in [0.05, 0.1) is 5.56 Å². The van der Waals surface area contributed by atoms with Crippen molar-refractivity contribution in [1.82, 2.24) is 0 Å². The van der Waals surface area contributed by atoms with E-state index in [0.29, 0.717) is 0 Å². The molecule has 0 saturated heterocycles. The minimum absolute atomic E-state index is 0.129. The normalized spacial score (nSPS) is 20.2. The maximum atomic E-state index is 14.5. The van der Waals surface area contributed by atoms with Crippen LogP contribution < -0.4 is 0 Å². The zero-order valence-electron chi connectivity index (χ0n) is 14.7. The van der Waals surface area contributed by atoms with Crippen LogP contribution in [0.3, 0.4) is 0 Å². The van der Waals surface area contributed by atoms with Crippen LogP contribution in [0.4, 0.5) is 65.9 Å². The highest BCUT2D eigenvalue weighted by Crippen LogP contribution is 2.59. The Morgan fingerprint density at radius 1 is 0.344 bits per heavy atom. The van der Waals surface area contributed by atoms with E-state index in [1.165, 1.54) is 0 Å². The van der Waals surface area contributed by atoms with E-state index < -0.39 is 92.2 Å². The number of hydrogen-bond acceptors (Lipinski definition) is 0. The molecule has 0 heterocycles. The van der Waals surface area contributed by atoms with Gasteiger partial charge in [0, 0.05) is 0 Å². The van der Waals surface area contributed by atoms with Crippen molar-refractivity contribution in [3.05, 3.63) is 68.5 Å². The third-order valence-corrected chi connectivity index (χ3v) is 4.86. The summed E-state index contributed by atoms with van der Waals surface area (Å²) in [6, 6.07) is 0. The zero-order chi connectivity index (χ0) is 24.9. The van der Waals surface area contributed by atoms with Crippen LogP contribution in [0.15, 0.2) is 0 Å². The molecule has 0 unspecified atom stereocenters. The van der Waals surface area contributed by atoms with Crippen LogP contribution in [0.2, 0.25) is 0 Å². The molecule has 0 fully saturated rings. The topological polar surface area (TPSA) is 0 Å². The van der Waals surface area contributed by atoms with E-state index in [0.717, 1.165) is 0 Å². The van der Waals surface area contributed by atoms with Gasteiger partial charge in [-0.25, -0.2) is 30.7 Å². The van der Waals surface area contributed by atoms with E-state index in [1.54, 1.807) is 0 Å². The minimum Gasteiger partial charge on any atom is -0.206 e. The molecule has 4 aliphatic rings. The second-order valence-corrected chi connectivity index (χ2v) is 6.62. The average Bonchev–Trinajstić information content (AvgIpc) is 2.64. The maximum absolute atomic E-state index is 14.5. The Labute approximate surface area is 166 Å². The van der Waals surface area contributed by atoms with E-state index in [-0.39, 0.29) is 6.92 Å². The monoisotopic (exact) mass is 492 g/mol. The predicted molar refractivity (Wildman–Crippen MR) is 72.9 cm³/mol. The molecule has 0 aliphatic heterocycles. The van der Waals surface area contributed by atoms with Gasteiger partial charge in [-0.05, 0) is 12.5 Å². The Hall–Kier alpha value is -2.61. The van der Waals surface area contributed by atoms with Crippen molar-refractivity contribution in [1.29, 1.82) is 0 Å². The summed E-state index contributed by atoms with van der Waals surface area (Å²) in [6.07, 6.45) is 0. The molecule has 15 heteroatoms. The molecule has 0 saturated carbocycles. The predicted octanol–water partition coefficient (Wildman–Crippen LogP) is 7.05. The van der Waals surface area contributed by atoms with E-state index in [1.807, 2.05) is 0 Å². The second kappa shape index (κ2) is 6.47. The van der Waals surface area contributed by atoms with Gasteiger partial charge in [0.25, 0.3) is 0 Å². The van der Waals surface area contributed by atoms with Gasteiger partial charge in [0.15, 0.2) is 34.9 Å². The van der Waals surface area contributed by atoms with E-state index in [9.17, 15) is 65.9 Å². The summed E-state index contributed by atoms with van der Waals surface area (Å²) in [6.45, 7) is -0.129. The van der Waals surface area contributed by atoms with Gasteiger partial charge in [-0.2, -0.15) is 35.1 Å². The highest BCUT2D eigenvalue weighted by Gasteiger charge is 2.69. The summed E-state index contributed by atoms with van der Waals surface area (Å²) in [5.74, 6) is -50.9. The Kier molecular flexibility index (Phi) is 4.86. The molecule has 2 aromatic rings. The van der Waals surface area contributed by atoms with Gasteiger partial charge in [0.2, 0.25) is 0 Å². The number of alkyl halides is 8. The van der Waals surface area contributed by atoms with Crippen molar-refractivity contribution in [2.24, 2.45) is 0 Å². The van der Waals surface area contributed by atoms with Crippen molar-refractivity contribution in [3.8, 4) is 0 Å². The molecule has 0 nitrogen and oxygen atoms in total. The first-order valence-electron chi connectivity index (χ1n) is 7.83. The summed E-state index contributed by atoms with van der Waals surface area (Å²) in [4.78, 5) is 0. The molecule has 0 atom stereocenters. The van der Waals surface area contributed by atoms with E-state index in [2.05, 4.69) is 0 Å².